The Morgan fingerprint density at radius 2 is 1.85 bits per heavy atom. The molecule has 4 rings (SSSR count). The molecule has 5 nitrogen and oxygen atoms in total. The SMILES string of the molecule is O=C(Cc1csc(-c2ncccn2)n1)N[C@@H](c1ccccc1)C1CCCC1. The van der Waals surface area contributed by atoms with Gasteiger partial charge in [-0.25, -0.2) is 15.0 Å². The van der Waals surface area contributed by atoms with Crippen LogP contribution in [0.2, 0.25) is 0 Å². The number of carbonyl (C=O) groups excluding carboxylic acids is 1. The first-order valence-electron chi connectivity index (χ1n) is 9.36. The molecular weight excluding hydrogens is 356 g/mol. The summed E-state index contributed by atoms with van der Waals surface area (Å²) in [5.74, 6) is 1.13. The van der Waals surface area contributed by atoms with E-state index in [0.29, 0.717) is 11.7 Å². The highest BCUT2D eigenvalue weighted by Gasteiger charge is 2.27. The van der Waals surface area contributed by atoms with Gasteiger partial charge < -0.3 is 5.32 Å². The van der Waals surface area contributed by atoms with E-state index in [0.717, 1.165) is 10.7 Å². The van der Waals surface area contributed by atoms with Gasteiger partial charge in [-0.2, -0.15) is 0 Å². The highest BCUT2D eigenvalue weighted by atomic mass is 32.1. The molecule has 138 valence electrons. The van der Waals surface area contributed by atoms with Crippen LogP contribution < -0.4 is 5.32 Å². The molecule has 6 heteroatoms. The second-order valence-electron chi connectivity index (χ2n) is 6.89. The first kappa shape index (κ1) is 17.8. The largest absolute Gasteiger partial charge is 0.349 e. The molecule has 1 fully saturated rings. The zero-order chi connectivity index (χ0) is 18.5. The molecule has 27 heavy (non-hydrogen) atoms. The van der Waals surface area contributed by atoms with Gasteiger partial charge in [-0.15, -0.1) is 11.3 Å². The molecule has 0 aliphatic heterocycles. The van der Waals surface area contributed by atoms with E-state index in [1.165, 1.54) is 42.6 Å². The quantitative estimate of drug-likeness (QED) is 0.698. The monoisotopic (exact) mass is 378 g/mol. The second-order valence-corrected chi connectivity index (χ2v) is 7.75. The molecule has 3 aromatic rings. The molecular formula is C21H22N4OS. The van der Waals surface area contributed by atoms with Crippen molar-refractivity contribution in [1.29, 1.82) is 0 Å². The molecule has 1 amide bonds. The average molecular weight is 379 g/mol. The maximum Gasteiger partial charge on any atom is 0.226 e. The maximum absolute atomic E-state index is 12.7. The van der Waals surface area contributed by atoms with E-state index in [9.17, 15) is 4.79 Å². The second kappa shape index (κ2) is 8.39. The molecule has 0 unspecified atom stereocenters. The van der Waals surface area contributed by atoms with E-state index in [4.69, 9.17) is 0 Å². The summed E-state index contributed by atoms with van der Waals surface area (Å²) in [6.07, 6.45) is 8.51. The fraction of sp³-hybridized carbons (Fsp3) is 0.333. The van der Waals surface area contributed by atoms with Crippen molar-refractivity contribution in [1.82, 2.24) is 20.3 Å². The molecule has 2 aromatic heterocycles. The molecule has 1 N–H and O–H groups in total. The Morgan fingerprint density at radius 1 is 1.11 bits per heavy atom. The molecule has 1 atom stereocenters. The number of rotatable bonds is 6. The van der Waals surface area contributed by atoms with Crippen molar-refractivity contribution in [2.45, 2.75) is 38.1 Å². The summed E-state index contributed by atoms with van der Waals surface area (Å²) < 4.78 is 0. The Morgan fingerprint density at radius 3 is 2.59 bits per heavy atom. The van der Waals surface area contributed by atoms with Crippen molar-refractivity contribution in [3.8, 4) is 10.8 Å². The van der Waals surface area contributed by atoms with Crippen LogP contribution in [0.5, 0.6) is 0 Å². The minimum Gasteiger partial charge on any atom is -0.349 e. The van der Waals surface area contributed by atoms with E-state index in [2.05, 4.69) is 32.4 Å². The van der Waals surface area contributed by atoms with Gasteiger partial charge in [0, 0.05) is 17.8 Å². The van der Waals surface area contributed by atoms with Gasteiger partial charge in [-0.1, -0.05) is 43.2 Å². The zero-order valence-electron chi connectivity index (χ0n) is 15.0. The lowest BCUT2D eigenvalue weighted by Gasteiger charge is -2.25. The summed E-state index contributed by atoms with van der Waals surface area (Å²) in [5, 5.41) is 5.93. The average Bonchev–Trinajstić information content (AvgIpc) is 3.40. The van der Waals surface area contributed by atoms with E-state index < -0.39 is 0 Å². The third kappa shape index (κ3) is 4.39. The summed E-state index contributed by atoms with van der Waals surface area (Å²) in [5.41, 5.74) is 1.95. The summed E-state index contributed by atoms with van der Waals surface area (Å²) in [6, 6.07) is 12.2. The molecule has 1 aliphatic carbocycles. The molecule has 0 radical (unpaired) electrons. The van der Waals surface area contributed by atoms with Crippen LogP contribution in [-0.2, 0) is 11.2 Å². The number of nitrogens with zero attached hydrogens (tertiary/aromatic N) is 3. The van der Waals surface area contributed by atoms with Crippen LogP contribution in [0.1, 0.15) is 43.0 Å². The van der Waals surface area contributed by atoms with Crippen molar-refractivity contribution in [2.75, 3.05) is 0 Å². The minimum atomic E-state index is 0.0154. The Bertz CT molecular complexity index is 875. The van der Waals surface area contributed by atoms with Crippen LogP contribution in [0.4, 0.5) is 0 Å². The minimum absolute atomic E-state index is 0.0154. The molecule has 1 aromatic carbocycles. The topological polar surface area (TPSA) is 67.8 Å². The lowest BCUT2D eigenvalue weighted by Crippen LogP contribution is -2.33. The normalized spacial score (nSPS) is 15.6. The maximum atomic E-state index is 12.7. The Hall–Kier alpha value is -2.60. The Balaban J connectivity index is 1.45. The standard InChI is InChI=1S/C21H22N4OS/c26-18(13-17-14-27-21(24-17)20-22-11-6-12-23-20)25-19(16-9-4-5-10-16)15-7-2-1-3-8-15/h1-3,6-8,11-12,14,16,19H,4-5,9-10,13H2,(H,25,26)/t19-/m0/s1. The number of carbonyl (C=O) groups is 1. The molecule has 0 spiro atoms. The lowest BCUT2D eigenvalue weighted by molar-refractivity contribution is -0.121. The van der Waals surface area contributed by atoms with Gasteiger partial charge in [0.25, 0.3) is 0 Å². The number of aromatic nitrogens is 3. The Kier molecular flexibility index (Phi) is 5.53. The van der Waals surface area contributed by atoms with Crippen molar-refractivity contribution in [3.63, 3.8) is 0 Å². The predicted molar refractivity (Wildman–Crippen MR) is 106 cm³/mol. The summed E-state index contributed by atoms with van der Waals surface area (Å²) in [6.45, 7) is 0. The van der Waals surface area contributed by atoms with Crippen molar-refractivity contribution >= 4 is 17.2 Å². The third-order valence-electron chi connectivity index (χ3n) is 5.00. The van der Waals surface area contributed by atoms with Gasteiger partial charge in [0.1, 0.15) is 0 Å². The Labute approximate surface area is 162 Å². The van der Waals surface area contributed by atoms with Crippen molar-refractivity contribution < 1.29 is 4.79 Å². The van der Waals surface area contributed by atoms with E-state index in [-0.39, 0.29) is 18.4 Å². The van der Waals surface area contributed by atoms with Crippen LogP contribution in [0.15, 0.2) is 54.2 Å². The molecule has 0 bridgehead atoms. The smallest absolute Gasteiger partial charge is 0.226 e. The van der Waals surface area contributed by atoms with E-state index in [1.54, 1.807) is 18.5 Å². The molecule has 1 aliphatic rings. The summed E-state index contributed by atoms with van der Waals surface area (Å²) in [7, 11) is 0. The number of thiazole rings is 1. The van der Waals surface area contributed by atoms with Gasteiger partial charge >= 0.3 is 0 Å². The summed E-state index contributed by atoms with van der Waals surface area (Å²) in [4.78, 5) is 25.7. The lowest BCUT2D eigenvalue weighted by atomic mass is 9.91. The van der Waals surface area contributed by atoms with E-state index >= 15 is 0 Å². The number of hydrogen-bond acceptors (Lipinski definition) is 5. The van der Waals surface area contributed by atoms with Gasteiger partial charge in [0.2, 0.25) is 5.91 Å². The zero-order valence-corrected chi connectivity index (χ0v) is 15.9. The number of benzene rings is 1. The summed E-state index contributed by atoms with van der Waals surface area (Å²) >= 11 is 1.47. The van der Waals surface area contributed by atoms with Crippen molar-refractivity contribution in [2.24, 2.45) is 5.92 Å². The van der Waals surface area contributed by atoms with Gasteiger partial charge in [-0.3, -0.25) is 4.79 Å². The molecule has 1 saturated carbocycles. The third-order valence-corrected chi connectivity index (χ3v) is 5.88. The van der Waals surface area contributed by atoms with Crippen LogP contribution in [0, 0.1) is 5.92 Å². The number of nitrogens with one attached hydrogen (secondary N) is 1. The molecule has 0 saturated heterocycles. The predicted octanol–water partition coefficient (Wildman–Crippen LogP) is 4.19. The van der Waals surface area contributed by atoms with Crippen LogP contribution in [-0.4, -0.2) is 20.9 Å². The van der Waals surface area contributed by atoms with E-state index in [1.807, 2.05) is 23.6 Å². The van der Waals surface area contributed by atoms with Gasteiger partial charge in [0.15, 0.2) is 10.8 Å². The highest BCUT2D eigenvalue weighted by molar-refractivity contribution is 7.13. The fourth-order valence-corrected chi connectivity index (χ4v) is 4.48. The van der Waals surface area contributed by atoms with Crippen molar-refractivity contribution in [3.05, 3.63) is 65.4 Å². The fourth-order valence-electron chi connectivity index (χ4n) is 3.71. The number of amides is 1. The molecule has 2 heterocycles. The first-order valence-corrected chi connectivity index (χ1v) is 10.2. The van der Waals surface area contributed by atoms with Crippen LogP contribution >= 0.6 is 11.3 Å². The van der Waals surface area contributed by atoms with Crippen LogP contribution in [0.25, 0.3) is 10.8 Å². The highest BCUT2D eigenvalue weighted by Crippen LogP contribution is 2.35. The first-order chi connectivity index (χ1) is 13.3. The number of hydrogen-bond donors (Lipinski definition) is 1. The van der Waals surface area contributed by atoms with Gasteiger partial charge in [-0.05, 0) is 30.4 Å². The van der Waals surface area contributed by atoms with Gasteiger partial charge in [0.05, 0.1) is 18.2 Å². The van der Waals surface area contributed by atoms with Crippen LogP contribution in [0.3, 0.4) is 0 Å².